The normalized spacial score (nSPS) is 10.7. The number of carbonyl (C=O) groups is 1. The third-order valence-corrected chi connectivity index (χ3v) is 1.47. The van der Waals surface area contributed by atoms with Crippen LogP contribution in [0.2, 0.25) is 0 Å². The molecule has 2 aromatic heterocycles. The molecule has 8 heteroatoms. The Kier molecular flexibility index (Phi) is 3.44. The number of aromatic amines is 1. The van der Waals surface area contributed by atoms with Crippen LogP contribution in [0.3, 0.4) is 0 Å². The highest BCUT2D eigenvalue weighted by Crippen LogP contribution is 2.13. The molecule has 86 valence electrons. The van der Waals surface area contributed by atoms with Crippen LogP contribution in [0, 0.1) is 0 Å². The fourth-order valence-electron chi connectivity index (χ4n) is 0.792. The first-order chi connectivity index (χ1) is 7.41. The molecule has 0 aliphatic carbocycles. The standard InChI is InChI=1S/C6H5N3.C2HF3O2/c1-5-2-8-4-9-6(5)3-7-1;3-2(4,5)1(6)7/h1-4,7H;(H,6,7). The van der Waals surface area contributed by atoms with E-state index in [1.165, 1.54) is 6.33 Å². The first kappa shape index (κ1) is 12.0. The minimum absolute atomic E-state index is 0.963. The summed E-state index contributed by atoms with van der Waals surface area (Å²) in [5, 5.41) is 8.18. The van der Waals surface area contributed by atoms with Gasteiger partial charge in [0.2, 0.25) is 0 Å². The number of halogens is 3. The van der Waals surface area contributed by atoms with Crippen LogP contribution >= 0.6 is 0 Å². The summed E-state index contributed by atoms with van der Waals surface area (Å²) in [4.78, 5) is 19.7. The zero-order valence-corrected chi connectivity index (χ0v) is 7.69. The van der Waals surface area contributed by atoms with Crippen molar-refractivity contribution in [1.82, 2.24) is 15.0 Å². The Morgan fingerprint density at radius 3 is 2.50 bits per heavy atom. The number of alkyl halides is 3. The molecule has 0 aliphatic rings. The van der Waals surface area contributed by atoms with Crippen LogP contribution in [0.15, 0.2) is 24.9 Å². The van der Waals surface area contributed by atoms with Gasteiger partial charge >= 0.3 is 12.1 Å². The van der Waals surface area contributed by atoms with Crippen molar-refractivity contribution in [3.8, 4) is 0 Å². The van der Waals surface area contributed by atoms with Crippen LogP contribution in [0.1, 0.15) is 0 Å². The van der Waals surface area contributed by atoms with Gasteiger partial charge in [0.25, 0.3) is 0 Å². The van der Waals surface area contributed by atoms with Gasteiger partial charge in [-0.2, -0.15) is 13.2 Å². The van der Waals surface area contributed by atoms with Crippen molar-refractivity contribution in [3.63, 3.8) is 0 Å². The van der Waals surface area contributed by atoms with Crippen molar-refractivity contribution >= 4 is 16.9 Å². The van der Waals surface area contributed by atoms with Gasteiger partial charge in [-0.25, -0.2) is 14.8 Å². The monoisotopic (exact) mass is 233 g/mol. The van der Waals surface area contributed by atoms with Crippen molar-refractivity contribution < 1.29 is 23.1 Å². The first-order valence-electron chi connectivity index (χ1n) is 3.94. The second-order valence-corrected chi connectivity index (χ2v) is 2.62. The molecule has 2 heterocycles. The summed E-state index contributed by atoms with van der Waals surface area (Å²) in [6, 6.07) is 0. The minimum atomic E-state index is -5.08. The second-order valence-electron chi connectivity index (χ2n) is 2.62. The van der Waals surface area contributed by atoms with E-state index in [1.54, 1.807) is 6.20 Å². The van der Waals surface area contributed by atoms with E-state index in [1.807, 2.05) is 12.4 Å². The summed E-state index contributed by atoms with van der Waals surface area (Å²) < 4.78 is 31.7. The molecule has 0 unspecified atom stereocenters. The molecule has 0 aliphatic heterocycles. The van der Waals surface area contributed by atoms with Gasteiger partial charge in [0.1, 0.15) is 6.33 Å². The fraction of sp³-hybridized carbons (Fsp3) is 0.125. The molecule has 0 atom stereocenters. The Morgan fingerprint density at radius 2 is 2.00 bits per heavy atom. The lowest BCUT2D eigenvalue weighted by molar-refractivity contribution is -0.192. The zero-order chi connectivity index (χ0) is 12.2. The van der Waals surface area contributed by atoms with Gasteiger partial charge in [-0.05, 0) is 0 Å². The Balaban J connectivity index is 0.000000168. The number of H-pyrrole nitrogens is 1. The number of aromatic nitrogens is 3. The smallest absolute Gasteiger partial charge is 0.475 e. The van der Waals surface area contributed by atoms with E-state index >= 15 is 0 Å². The van der Waals surface area contributed by atoms with Crippen LogP contribution in [0.25, 0.3) is 10.9 Å². The van der Waals surface area contributed by atoms with Gasteiger partial charge in [0, 0.05) is 24.0 Å². The maximum absolute atomic E-state index is 10.6. The third kappa shape index (κ3) is 3.23. The lowest BCUT2D eigenvalue weighted by Crippen LogP contribution is -2.21. The van der Waals surface area contributed by atoms with Crippen molar-refractivity contribution in [2.75, 3.05) is 0 Å². The number of nitrogens with one attached hydrogen (secondary N) is 1. The van der Waals surface area contributed by atoms with E-state index in [4.69, 9.17) is 9.90 Å². The maximum Gasteiger partial charge on any atom is 0.490 e. The molecule has 16 heavy (non-hydrogen) atoms. The summed E-state index contributed by atoms with van der Waals surface area (Å²) in [5.74, 6) is -2.76. The molecular weight excluding hydrogens is 227 g/mol. The van der Waals surface area contributed by atoms with Gasteiger partial charge in [0.05, 0.1) is 5.52 Å². The number of carboxylic acid groups (broad SMARTS) is 1. The van der Waals surface area contributed by atoms with Gasteiger partial charge < -0.3 is 10.1 Å². The van der Waals surface area contributed by atoms with E-state index in [2.05, 4.69) is 15.0 Å². The summed E-state index contributed by atoms with van der Waals surface area (Å²) in [6.45, 7) is 0. The zero-order valence-electron chi connectivity index (χ0n) is 7.69. The highest BCUT2D eigenvalue weighted by molar-refractivity contribution is 5.76. The number of hydrogen-bond donors (Lipinski definition) is 2. The van der Waals surface area contributed by atoms with Gasteiger partial charge in [0.15, 0.2) is 0 Å². The summed E-state index contributed by atoms with van der Waals surface area (Å²) in [5.41, 5.74) is 0.963. The van der Waals surface area contributed by atoms with E-state index in [9.17, 15) is 13.2 Å². The maximum atomic E-state index is 10.6. The number of aliphatic carboxylic acids is 1. The number of nitrogens with zero attached hydrogens (tertiary/aromatic N) is 2. The molecular formula is C8H6F3N3O2. The lowest BCUT2D eigenvalue weighted by atomic mass is 10.4. The average molecular weight is 233 g/mol. The van der Waals surface area contributed by atoms with Crippen LogP contribution in [-0.4, -0.2) is 32.2 Å². The molecule has 0 bridgehead atoms. The largest absolute Gasteiger partial charge is 0.490 e. The molecule has 0 fully saturated rings. The number of hydrogen-bond acceptors (Lipinski definition) is 3. The molecule has 0 saturated heterocycles. The van der Waals surface area contributed by atoms with Crippen molar-refractivity contribution in [2.24, 2.45) is 0 Å². The van der Waals surface area contributed by atoms with Crippen molar-refractivity contribution in [3.05, 3.63) is 24.9 Å². The van der Waals surface area contributed by atoms with E-state index in [-0.39, 0.29) is 0 Å². The predicted octanol–water partition coefficient (Wildman–Crippen LogP) is 1.59. The van der Waals surface area contributed by atoms with Crippen LogP contribution in [0.4, 0.5) is 13.2 Å². The summed E-state index contributed by atoms with van der Waals surface area (Å²) in [6.07, 6.45) is 1.95. The molecule has 0 radical (unpaired) electrons. The minimum Gasteiger partial charge on any atom is -0.475 e. The topological polar surface area (TPSA) is 78.9 Å². The van der Waals surface area contributed by atoms with Crippen molar-refractivity contribution in [2.45, 2.75) is 6.18 Å². The van der Waals surface area contributed by atoms with Crippen LogP contribution in [0.5, 0.6) is 0 Å². The van der Waals surface area contributed by atoms with Crippen LogP contribution < -0.4 is 0 Å². The summed E-state index contributed by atoms with van der Waals surface area (Å²) in [7, 11) is 0. The SMILES string of the molecule is O=C(O)C(F)(F)F.c1ncc2c[nH]cc2n1. The van der Waals surface area contributed by atoms with Crippen LogP contribution in [-0.2, 0) is 4.79 Å². The van der Waals surface area contributed by atoms with Gasteiger partial charge in [-0.1, -0.05) is 0 Å². The van der Waals surface area contributed by atoms with E-state index in [0.29, 0.717) is 0 Å². The number of fused-ring (bicyclic) bond motifs is 1. The quantitative estimate of drug-likeness (QED) is 0.724. The number of rotatable bonds is 0. The molecule has 2 rings (SSSR count). The third-order valence-electron chi connectivity index (χ3n) is 1.47. The van der Waals surface area contributed by atoms with Gasteiger partial charge in [-0.3, -0.25) is 0 Å². The van der Waals surface area contributed by atoms with E-state index in [0.717, 1.165) is 10.9 Å². The lowest BCUT2D eigenvalue weighted by Gasteiger charge is -1.93. The molecule has 0 aromatic carbocycles. The predicted molar refractivity (Wildman–Crippen MR) is 47.6 cm³/mol. The van der Waals surface area contributed by atoms with Gasteiger partial charge in [-0.15, -0.1) is 0 Å². The molecule has 0 amide bonds. The second kappa shape index (κ2) is 4.60. The Labute approximate surface area is 86.9 Å². The summed E-state index contributed by atoms with van der Waals surface area (Å²) >= 11 is 0. The molecule has 0 spiro atoms. The molecule has 2 aromatic rings. The fourth-order valence-corrected chi connectivity index (χ4v) is 0.792. The highest BCUT2D eigenvalue weighted by Gasteiger charge is 2.38. The molecule has 2 N–H and O–H groups in total. The Bertz CT molecular complexity index is 450. The molecule has 5 nitrogen and oxygen atoms in total. The highest BCUT2D eigenvalue weighted by atomic mass is 19.4. The van der Waals surface area contributed by atoms with E-state index < -0.39 is 12.1 Å². The average Bonchev–Trinajstić information content (AvgIpc) is 2.64. The first-order valence-corrected chi connectivity index (χ1v) is 3.94. The Hall–Kier alpha value is -2.12. The molecule has 0 saturated carbocycles. The number of carboxylic acids is 1. The Morgan fingerprint density at radius 1 is 1.38 bits per heavy atom. The van der Waals surface area contributed by atoms with Crippen molar-refractivity contribution in [1.29, 1.82) is 0 Å².